The maximum atomic E-state index is 10.3. The second-order valence-electron chi connectivity index (χ2n) is 17.2. The van der Waals surface area contributed by atoms with Gasteiger partial charge in [0.15, 0.2) is 0 Å². The van der Waals surface area contributed by atoms with Crippen LogP contribution in [0.5, 0.6) is 0 Å². The predicted molar refractivity (Wildman–Crippen MR) is 261 cm³/mol. The third-order valence-electron chi connectivity index (χ3n) is 11.0. The molecule has 0 unspecified atom stereocenters. The van der Waals surface area contributed by atoms with Crippen LogP contribution in [-0.4, -0.2) is 33.2 Å². The van der Waals surface area contributed by atoms with Gasteiger partial charge in [-0.3, -0.25) is 14.4 Å². The number of rotatable bonds is 45. The molecule has 0 saturated carbocycles. The van der Waals surface area contributed by atoms with Crippen molar-refractivity contribution in [2.45, 2.75) is 290 Å². The van der Waals surface area contributed by atoms with Gasteiger partial charge >= 0.3 is 17.9 Å². The van der Waals surface area contributed by atoms with E-state index in [1.807, 2.05) is 0 Å². The molecule has 0 amide bonds. The second-order valence-corrected chi connectivity index (χ2v) is 17.2. The van der Waals surface area contributed by atoms with E-state index in [-0.39, 0.29) is 41.7 Å². The molecule has 0 atom stereocenters. The zero-order chi connectivity index (χ0) is 44.7. The summed E-state index contributed by atoms with van der Waals surface area (Å²) in [4.78, 5) is 31.0. The largest absolute Gasteiger partial charge is 0.481 e. The van der Waals surface area contributed by atoms with Crippen LogP contribution in [0.2, 0.25) is 0 Å². The van der Waals surface area contributed by atoms with E-state index in [4.69, 9.17) is 15.3 Å². The van der Waals surface area contributed by atoms with Crippen LogP contribution in [-0.2, 0) is 14.4 Å². The van der Waals surface area contributed by atoms with Gasteiger partial charge in [0, 0.05) is 61.0 Å². The summed E-state index contributed by atoms with van der Waals surface area (Å²) in [6.07, 6.45) is 63.7. The summed E-state index contributed by atoms with van der Waals surface area (Å²) in [5.41, 5.74) is 0. The quantitative estimate of drug-likeness (QED) is 0.0414. The molecule has 0 aromatic rings. The van der Waals surface area contributed by atoms with Crippen LogP contribution in [0.25, 0.3) is 0 Å². The molecule has 3 N–H and O–H groups in total. The first-order valence-electron chi connectivity index (χ1n) is 25.9. The summed E-state index contributed by atoms with van der Waals surface area (Å²) >= 11 is 0. The van der Waals surface area contributed by atoms with Crippen molar-refractivity contribution < 1.29 is 71.5 Å². The summed E-state index contributed by atoms with van der Waals surface area (Å²) in [6.45, 7) is 6.76. The number of allylic oxidation sites excluding steroid dienone is 6. The summed E-state index contributed by atoms with van der Waals surface area (Å²) in [5, 5.41) is 25.5. The zero-order valence-corrected chi connectivity index (χ0v) is 43.9. The summed E-state index contributed by atoms with van der Waals surface area (Å²) in [5.74, 6) is -1.98. The average Bonchev–Trinajstić information content (AvgIpc) is 3.22. The van der Waals surface area contributed by atoms with E-state index in [1.165, 1.54) is 212 Å². The molecule has 0 aromatic heterocycles. The number of hydrogen-bond acceptors (Lipinski definition) is 3. The SMILES string of the molecule is CCCCCC/C=C\CCCCCCCCCC(=O)O.CCCCCC/C=C\CCCCCCCCCC(=O)O.CCCCCC/C=C\CCCCCCCCCC(=O)O.[Ce]. The Morgan fingerprint density at radius 3 is 0.574 bits per heavy atom. The van der Waals surface area contributed by atoms with Crippen molar-refractivity contribution in [2.75, 3.05) is 0 Å². The van der Waals surface area contributed by atoms with Gasteiger partial charge in [-0.2, -0.15) is 0 Å². The molecular formula is C54H102CeO6. The van der Waals surface area contributed by atoms with Crippen LogP contribution in [0.1, 0.15) is 290 Å². The molecule has 61 heavy (non-hydrogen) atoms. The van der Waals surface area contributed by atoms with Crippen LogP contribution in [0.3, 0.4) is 0 Å². The molecule has 6 nitrogen and oxygen atoms in total. The smallest absolute Gasteiger partial charge is 0.303 e. The van der Waals surface area contributed by atoms with E-state index < -0.39 is 17.9 Å². The monoisotopic (exact) mass is 987 g/mol. The van der Waals surface area contributed by atoms with Crippen molar-refractivity contribution in [3.8, 4) is 0 Å². The van der Waals surface area contributed by atoms with Gasteiger partial charge in [-0.05, 0) is 96.3 Å². The van der Waals surface area contributed by atoms with Crippen molar-refractivity contribution in [1.29, 1.82) is 0 Å². The molecule has 0 aromatic carbocycles. The third-order valence-corrected chi connectivity index (χ3v) is 11.0. The second kappa shape index (κ2) is 63.3. The van der Waals surface area contributed by atoms with E-state index in [0.717, 1.165) is 38.5 Å². The standard InChI is InChI=1S/3C18H34O2.Ce/c3*1-2-3-4-5-6-7-8-9-10-11-12-13-14-15-16-17-18(19)20;/h3*7-8H,2-6,9-17H2,1H3,(H,19,20);/b3*8-7-;. The normalized spacial score (nSPS) is 11.1. The number of carboxylic acids is 3. The van der Waals surface area contributed by atoms with E-state index in [2.05, 4.69) is 57.2 Å². The van der Waals surface area contributed by atoms with Gasteiger partial charge in [-0.1, -0.05) is 211 Å². The van der Waals surface area contributed by atoms with Gasteiger partial charge in [-0.25, -0.2) is 0 Å². The molecule has 0 bridgehead atoms. The third kappa shape index (κ3) is 76.7. The van der Waals surface area contributed by atoms with Gasteiger partial charge in [0.05, 0.1) is 0 Å². The molecule has 358 valence electrons. The first-order chi connectivity index (χ1) is 29.3. The Morgan fingerprint density at radius 1 is 0.262 bits per heavy atom. The Hall–Kier alpha value is -0.993. The molecule has 0 fully saturated rings. The number of carboxylic acid groups (broad SMARTS) is 3. The van der Waals surface area contributed by atoms with Gasteiger partial charge in [-0.15, -0.1) is 0 Å². The molecule has 7 heteroatoms. The maximum absolute atomic E-state index is 10.3. The minimum Gasteiger partial charge on any atom is -0.481 e. The van der Waals surface area contributed by atoms with Gasteiger partial charge < -0.3 is 15.3 Å². The topological polar surface area (TPSA) is 112 Å². The molecule has 0 radical (unpaired) electrons. The summed E-state index contributed by atoms with van der Waals surface area (Å²) in [7, 11) is 0. The molecule has 0 rings (SSSR count). The van der Waals surface area contributed by atoms with Crippen LogP contribution in [0.15, 0.2) is 36.5 Å². The van der Waals surface area contributed by atoms with E-state index in [1.54, 1.807) is 0 Å². The Balaban J connectivity index is -0.000000396. The molecule has 0 aliphatic rings. The van der Waals surface area contributed by atoms with Gasteiger partial charge in [0.2, 0.25) is 0 Å². The summed E-state index contributed by atoms with van der Waals surface area (Å²) in [6, 6.07) is 0. The van der Waals surface area contributed by atoms with Crippen molar-refractivity contribution in [2.24, 2.45) is 0 Å². The Bertz CT molecular complexity index is 827. The molecule has 0 spiro atoms. The molecule has 0 saturated heterocycles. The summed E-state index contributed by atoms with van der Waals surface area (Å²) < 4.78 is 0. The van der Waals surface area contributed by atoms with Crippen LogP contribution in [0, 0.1) is 41.7 Å². The molecular weight excluding hydrogens is 885 g/mol. The minimum absolute atomic E-state index is 0. The van der Waals surface area contributed by atoms with Crippen LogP contribution < -0.4 is 0 Å². The fraction of sp³-hybridized carbons (Fsp3) is 0.833. The number of aliphatic carboxylic acids is 3. The fourth-order valence-electron chi connectivity index (χ4n) is 7.04. The minimum atomic E-state index is -0.661. The number of carbonyl (C=O) groups is 3. The Labute approximate surface area is 413 Å². The average molecular weight is 988 g/mol. The predicted octanol–water partition coefficient (Wildman–Crippen LogP) is 18.3. The maximum Gasteiger partial charge on any atom is 0.303 e. The molecule has 0 heterocycles. The van der Waals surface area contributed by atoms with Crippen LogP contribution in [0.4, 0.5) is 0 Å². The van der Waals surface area contributed by atoms with E-state index in [9.17, 15) is 14.4 Å². The van der Waals surface area contributed by atoms with Crippen molar-refractivity contribution in [1.82, 2.24) is 0 Å². The van der Waals surface area contributed by atoms with Crippen LogP contribution >= 0.6 is 0 Å². The van der Waals surface area contributed by atoms with E-state index in [0.29, 0.717) is 19.3 Å². The number of hydrogen-bond donors (Lipinski definition) is 3. The number of unbranched alkanes of at least 4 members (excludes halogenated alkanes) is 33. The van der Waals surface area contributed by atoms with Crippen molar-refractivity contribution in [3.05, 3.63) is 36.5 Å². The Kier molecular flexibility index (Phi) is 69.1. The first kappa shape index (κ1) is 66.6. The van der Waals surface area contributed by atoms with Crippen molar-refractivity contribution >= 4 is 17.9 Å². The zero-order valence-electron chi connectivity index (χ0n) is 40.7. The Morgan fingerprint density at radius 2 is 0.410 bits per heavy atom. The fourth-order valence-corrected chi connectivity index (χ4v) is 7.04. The molecule has 0 aliphatic carbocycles. The van der Waals surface area contributed by atoms with Gasteiger partial charge in [0.1, 0.15) is 0 Å². The van der Waals surface area contributed by atoms with Crippen molar-refractivity contribution in [3.63, 3.8) is 0 Å². The first-order valence-corrected chi connectivity index (χ1v) is 25.9. The van der Waals surface area contributed by atoms with E-state index >= 15 is 0 Å². The molecule has 0 aliphatic heterocycles. The van der Waals surface area contributed by atoms with Gasteiger partial charge in [0.25, 0.3) is 0 Å².